The van der Waals surface area contributed by atoms with Crippen molar-refractivity contribution in [3.63, 3.8) is 0 Å². The van der Waals surface area contributed by atoms with Gasteiger partial charge in [-0.15, -0.1) is 11.3 Å². The topological polar surface area (TPSA) is 21.3 Å². The van der Waals surface area contributed by atoms with E-state index in [1.54, 1.807) is 0 Å². The van der Waals surface area contributed by atoms with Crippen LogP contribution in [0.3, 0.4) is 0 Å². The van der Waals surface area contributed by atoms with Gasteiger partial charge in [0.1, 0.15) is 12.4 Å². The Morgan fingerprint density at radius 1 is 1.11 bits per heavy atom. The summed E-state index contributed by atoms with van der Waals surface area (Å²) >= 11 is 1.82. The summed E-state index contributed by atoms with van der Waals surface area (Å²) in [5.41, 5.74) is 1.18. The molecule has 0 fully saturated rings. The standard InChI is InChI=1S/C16H21NOS/c1-3-10-17-11-14-8-9-15(19-14)12-18-16-7-5-4-6-13(16)2/h4-9,17H,3,10-12H2,1-2H3. The Morgan fingerprint density at radius 3 is 2.68 bits per heavy atom. The third-order valence-electron chi connectivity index (χ3n) is 2.91. The molecule has 0 atom stereocenters. The van der Waals surface area contributed by atoms with Crippen molar-refractivity contribution in [2.45, 2.75) is 33.4 Å². The molecule has 19 heavy (non-hydrogen) atoms. The van der Waals surface area contributed by atoms with Crippen LogP contribution in [0.25, 0.3) is 0 Å². The van der Waals surface area contributed by atoms with Crippen molar-refractivity contribution in [1.82, 2.24) is 5.32 Å². The zero-order valence-electron chi connectivity index (χ0n) is 11.6. The summed E-state index contributed by atoms with van der Waals surface area (Å²) in [5.74, 6) is 0.974. The highest BCUT2D eigenvalue weighted by molar-refractivity contribution is 7.11. The van der Waals surface area contributed by atoms with Crippen molar-refractivity contribution in [2.75, 3.05) is 6.54 Å². The average Bonchev–Trinajstić information content (AvgIpc) is 2.86. The predicted octanol–water partition coefficient (Wildman–Crippen LogP) is 4.14. The Balaban J connectivity index is 1.85. The molecule has 1 heterocycles. The summed E-state index contributed by atoms with van der Waals surface area (Å²) in [6.45, 7) is 6.95. The van der Waals surface area contributed by atoms with Gasteiger partial charge in [-0.3, -0.25) is 0 Å². The first kappa shape index (κ1) is 14.1. The molecule has 1 N–H and O–H groups in total. The zero-order chi connectivity index (χ0) is 13.5. The monoisotopic (exact) mass is 275 g/mol. The van der Waals surface area contributed by atoms with Crippen molar-refractivity contribution in [1.29, 1.82) is 0 Å². The van der Waals surface area contributed by atoms with E-state index in [1.807, 2.05) is 29.5 Å². The van der Waals surface area contributed by atoms with E-state index in [4.69, 9.17) is 4.74 Å². The Hall–Kier alpha value is -1.32. The van der Waals surface area contributed by atoms with Crippen LogP contribution in [0.4, 0.5) is 0 Å². The highest BCUT2D eigenvalue weighted by Gasteiger charge is 2.02. The number of aryl methyl sites for hydroxylation is 1. The molecule has 0 saturated carbocycles. The van der Waals surface area contributed by atoms with Gasteiger partial charge in [0, 0.05) is 16.3 Å². The number of hydrogen-bond acceptors (Lipinski definition) is 3. The van der Waals surface area contributed by atoms with Gasteiger partial charge in [-0.2, -0.15) is 0 Å². The summed E-state index contributed by atoms with van der Waals surface area (Å²) in [4.78, 5) is 2.65. The maximum absolute atomic E-state index is 5.85. The summed E-state index contributed by atoms with van der Waals surface area (Å²) in [6.07, 6.45) is 1.18. The lowest BCUT2D eigenvalue weighted by Gasteiger charge is -2.07. The van der Waals surface area contributed by atoms with Crippen LogP contribution in [0.15, 0.2) is 36.4 Å². The van der Waals surface area contributed by atoms with Crippen LogP contribution in [-0.2, 0) is 13.2 Å². The number of ether oxygens (including phenoxy) is 1. The second-order valence-corrected chi connectivity index (χ2v) is 5.85. The van der Waals surface area contributed by atoms with Gasteiger partial charge in [0.05, 0.1) is 0 Å². The summed E-state index contributed by atoms with van der Waals surface area (Å²) in [6, 6.07) is 12.5. The molecule has 0 aliphatic carbocycles. The van der Waals surface area contributed by atoms with E-state index in [9.17, 15) is 0 Å². The Labute approximate surface area is 119 Å². The Morgan fingerprint density at radius 2 is 1.89 bits per heavy atom. The fourth-order valence-corrected chi connectivity index (χ4v) is 2.75. The fourth-order valence-electron chi connectivity index (χ4n) is 1.85. The molecule has 2 nitrogen and oxygen atoms in total. The Bertz CT molecular complexity index is 507. The second kappa shape index (κ2) is 7.31. The van der Waals surface area contributed by atoms with Gasteiger partial charge in [0.25, 0.3) is 0 Å². The van der Waals surface area contributed by atoms with Crippen LogP contribution < -0.4 is 10.1 Å². The van der Waals surface area contributed by atoms with E-state index >= 15 is 0 Å². The van der Waals surface area contributed by atoms with Crippen molar-refractivity contribution in [2.24, 2.45) is 0 Å². The molecule has 102 valence electrons. The van der Waals surface area contributed by atoms with Crippen molar-refractivity contribution in [3.8, 4) is 5.75 Å². The molecule has 2 rings (SSSR count). The fraction of sp³-hybridized carbons (Fsp3) is 0.375. The number of benzene rings is 1. The van der Waals surface area contributed by atoms with Crippen LogP contribution in [0.2, 0.25) is 0 Å². The second-order valence-electron chi connectivity index (χ2n) is 4.60. The number of nitrogens with one attached hydrogen (secondary N) is 1. The molecule has 0 radical (unpaired) electrons. The lowest BCUT2D eigenvalue weighted by molar-refractivity contribution is 0.307. The molecule has 1 aromatic heterocycles. The van der Waals surface area contributed by atoms with E-state index < -0.39 is 0 Å². The quantitative estimate of drug-likeness (QED) is 0.767. The van der Waals surface area contributed by atoms with Crippen molar-refractivity contribution >= 4 is 11.3 Å². The smallest absolute Gasteiger partial charge is 0.122 e. The van der Waals surface area contributed by atoms with Crippen LogP contribution in [-0.4, -0.2) is 6.54 Å². The van der Waals surface area contributed by atoms with Crippen LogP contribution in [0.1, 0.15) is 28.7 Å². The van der Waals surface area contributed by atoms with Gasteiger partial charge in [-0.05, 0) is 43.7 Å². The van der Waals surface area contributed by atoms with Gasteiger partial charge >= 0.3 is 0 Å². The molecule has 0 spiro atoms. The van der Waals surface area contributed by atoms with Crippen molar-refractivity contribution < 1.29 is 4.74 Å². The SMILES string of the molecule is CCCNCc1ccc(COc2ccccc2C)s1. The number of hydrogen-bond donors (Lipinski definition) is 1. The van der Waals surface area contributed by atoms with Crippen LogP contribution in [0.5, 0.6) is 5.75 Å². The number of thiophene rings is 1. The zero-order valence-corrected chi connectivity index (χ0v) is 12.4. The van der Waals surface area contributed by atoms with E-state index in [2.05, 4.69) is 37.4 Å². The first-order valence-electron chi connectivity index (χ1n) is 6.76. The molecular formula is C16H21NOS. The third kappa shape index (κ3) is 4.37. The van der Waals surface area contributed by atoms with Gasteiger partial charge < -0.3 is 10.1 Å². The third-order valence-corrected chi connectivity index (χ3v) is 3.97. The minimum absolute atomic E-state index is 0.656. The Kier molecular flexibility index (Phi) is 5.43. The predicted molar refractivity (Wildman–Crippen MR) is 81.8 cm³/mol. The molecule has 0 bridgehead atoms. The van der Waals surface area contributed by atoms with Gasteiger partial charge in [0.2, 0.25) is 0 Å². The molecule has 0 amide bonds. The summed E-state index contributed by atoms with van der Waals surface area (Å²) in [7, 11) is 0. The van der Waals surface area contributed by atoms with E-state index in [-0.39, 0.29) is 0 Å². The minimum atomic E-state index is 0.656. The lowest BCUT2D eigenvalue weighted by atomic mass is 10.2. The maximum atomic E-state index is 5.85. The van der Waals surface area contributed by atoms with Crippen LogP contribution in [0, 0.1) is 6.92 Å². The first-order valence-corrected chi connectivity index (χ1v) is 7.58. The van der Waals surface area contributed by atoms with Crippen LogP contribution >= 0.6 is 11.3 Å². The van der Waals surface area contributed by atoms with E-state index in [0.717, 1.165) is 18.8 Å². The number of rotatable bonds is 7. The molecular weight excluding hydrogens is 254 g/mol. The maximum Gasteiger partial charge on any atom is 0.122 e. The highest BCUT2D eigenvalue weighted by Crippen LogP contribution is 2.21. The van der Waals surface area contributed by atoms with Gasteiger partial charge in [0.15, 0.2) is 0 Å². The van der Waals surface area contributed by atoms with E-state index in [0.29, 0.717) is 6.61 Å². The molecule has 0 saturated heterocycles. The van der Waals surface area contributed by atoms with E-state index in [1.165, 1.54) is 21.7 Å². The lowest BCUT2D eigenvalue weighted by Crippen LogP contribution is -2.12. The number of para-hydroxylation sites is 1. The van der Waals surface area contributed by atoms with Gasteiger partial charge in [-0.1, -0.05) is 25.1 Å². The average molecular weight is 275 g/mol. The van der Waals surface area contributed by atoms with Gasteiger partial charge in [-0.25, -0.2) is 0 Å². The normalized spacial score (nSPS) is 10.6. The molecule has 2 aromatic rings. The first-order chi connectivity index (χ1) is 9.29. The molecule has 0 unspecified atom stereocenters. The largest absolute Gasteiger partial charge is 0.488 e. The summed E-state index contributed by atoms with van der Waals surface area (Å²) in [5, 5.41) is 3.42. The molecule has 1 aromatic carbocycles. The molecule has 3 heteroatoms. The molecule has 0 aliphatic rings. The highest BCUT2D eigenvalue weighted by atomic mass is 32.1. The van der Waals surface area contributed by atoms with Crippen molar-refractivity contribution in [3.05, 3.63) is 51.7 Å². The summed E-state index contributed by atoms with van der Waals surface area (Å²) < 4.78 is 5.85. The molecule has 0 aliphatic heterocycles. The minimum Gasteiger partial charge on any atom is -0.488 e.